The number of aliphatic hydroxyl groups is 1. The second-order valence-corrected chi connectivity index (χ2v) is 4.20. The van der Waals surface area contributed by atoms with E-state index in [2.05, 4.69) is 25.4 Å². The van der Waals surface area contributed by atoms with Gasteiger partial charge in [-0.05, 0) is 6.92 Å². The number of carbonyl (C=O) groups excluding carboxylic acids is 1. The van der Waals surface area contributed by atoms with Crippen molar-refractivity contribution >= 4 is 11.9 Å². The predicted molar refractivity (Wildman–Crippen MR) is 65.8 cm³/mol. The van der Waals surface area contributed by atoms with Crippen LogP contribution in [0.5, 0.6) is 0 Å². The number of aliphatic hydroxyl groups excluding tert-OH is 1. The molecule has 20 heavy (non-hydrogen) atoms. The summed E-state index contributed by atoms with van der Waals surface area (Å²) in [6, 6.07) is 0. The minimum absolute atomic E-state index is 0.110. The van der Waals surface area contributed by atoms with Gasteiger partial charge < -0.3 is 19.6 Å². The van der Waals surface area contributed by atoms with Gasteiger partial charge in [0.25, 0.3) is 17.4 Å². The Morgan fingerprint density at radius 1 is 1.25 bits per heavy atom. The Kier molecular flexibility index (Phi) is 3.68. The maximum atomic E-state index is 11.8. The standard InChI is InChI=1S/C11H15N5O4/c1-4-11(5-2)19-8(17)7(9(18)20-11)14-16-10-12-6(3)13-15-10/h17H,4-5H2,1-3H3,(H,12,13,15). The van der Waals surface area contributed by atoms with Crippen LogP contribution >= 0.6 is 0 Å². The van der Waals surface area contributed by atoms with Gasteiger partial charge in [0.1, 0.15) is 5.82 Å². The van der Waals surface area contributed by atoms with E-state index in [9.17, 15) is 9.90 Å². The number of cyclic esters (lactones) is 1. The van der Waals surface area contributed by atoms with Gasteiger partial charge in [-0.25, -0.2) is 4.79 Å². The number of azo groups is 1. The predicted octanol–water partition coefficient (Wildman–Crippen LogP) is 2.01. The number of hydrogen-bond donors (Lipinski definition) is 2. The van der Waals surface area contributed by atoms with Gasteiger partial charge in [-0.3, -0.25) is 0 Å². The van der Waals surface area contributed by atoms with E-state index in [1.54, 1.807) is 20.8 Å². The van der Waals surface area contributed by atoms with Crippen LogP contribution in [-0.2, 0) is 14.3 Å². The van der Waals surface area contributed by atoms with Gasteiger partial charge in [-0.15, -0.1) is 20.4 Å². The summed E-state index contributed by atoms with van der Waals surface area (Å²) in [6.45, 7) is 5.26. The molecule has 2 heterocycles. The number of hydrogen-bond acceptors (Lipinski definition) is 8. The number of ether oxygens (including phenoxy) is 2. The third-order valence-corrected chi connectivity index (χ3v) is 2.87. The first-order chi connectivity index (χ1) is 9.49. The molecule has 9 nitrogen and oxygen atoms in total. The van der Waals surface area contributed by atoms with Crippen molar-refractivity contribution < 1.29 is 19.4 Å². The summed E-state index contributed by atoms with van der Waals surface area (Å²) >= 11 is 0. The van der Waals surface area contributed by atoms with Crippen LogP contribution in [0.1, 0.15) is 32.5 Å². The minimum atomic E-state index is -1.15. The molecule has 0 saturated heterocycles. The van der Waals surface area contributed by atoms with Crippen LogP contribution in [0.4, 0.5) is 5.95 Å². The molecule has 2 rings (SSSR count). The van der Waals surface area contributed by atoms with Crippen molar-refractivity contribution in [2.75, 3.05) is 0 Å². The molecule has 0 fully saturated rings. The fraction of sp³-hybridized carbons (Fsp3) is 0.545. The summed E-state index contributed by atoms with van der Waals surface area (Å²) in [5.74, 6) is -1.89. The Labute approximate surface area is 114 Å². The lowest BCUT2D eigenvalue weighted by molar-refractivity contribution is -0.241. The number of aromatic amines is 1. The molecule has 0 atom stereocenters. The topological polar surface area (TPSA) is 122 Å². The van der Waals surface area contributed by atoms with Crippen molar-refractivity contribution in [1.82, 2.24) is 15.2 Å². The lowest BCUT2D eigenvalue weighted by Gasteiger charge is -2.34. The second kappa shape index (κ2) is 5.27. The largest absolute Gasteiger partial charge is 0.479 e. The van der Waals surface area contributed by atoms with Crippen LogP contribution in [0.3, 0.4) is 0 Å². The highest BCUT2D eigenvalue weighted by molar-refractivity contribution is 5.89. The van der Waals surface area contributed by atoms with Crippen molar-refractivity contribution in [3.05, 3.63) is 17.5 Å². The van der Waals surface area contributed by atoms with Crippen molar-refractivity contribution in [2.45, 2.75) is 39.4 Å². The molecule has 1 aromatic heterocycles. The van der Waals surface area contributed by atoms with E-state index in [0.29, 0.717) is 18.7 Å². The Morgan fingerprint density at radius 2 is 1.95 bits per heavy atom. The maximum absolute atomic E-state index is 11.8. The lowest BCUT2D eigenvalue weighted by atomic mass is 10.1. The van der Waals surface area contributed by atoms with Gasteiger partial charge in [0, 0.05) is 12.8 Å². The van der Waals surface area contributed by atoms with Crippen LogP contribution in [-0.4, -0.2) is 32.0 Å². The summed E-state index contributed by atoms with van der Waals surface area (Å²) < 4.78 is 10.4. The van der Waals surface area contributed by atoms with E-state index in [4.69, 9.17) is 9.47 Å². The first-order valence-corrected chi connectivity index (χ1v) is 6.16. The highest BCUT2D eigenvalue weighted by Crippen LogP contribution is 2.32. The molecule has 108 valence electrons. The zero-order valence-electron chi connectivity index (χ0n) is 11.4. The fourth-order valence-corrected chi connectivity index (χ4v) is 1.65. The van der Waals surface area contributed by atoms with E-state index in [1.807, 2.05) is 0 Å². The van der Waals surface area contributed by atoms with Crippen LogP contribution in [0, 0.1) is 6.92 Å². The lowest BCUT2D eigenvalue weighted by Crippen LogP contribution is -2.41. The van der Waals surface area contributed by atoms with E-state index in [-0.39, 0.29) is 5.95 Å². The van der Waals surface area contributed by atoms with Crippen molar-refractivity contribution in [3.8, 4) is 0 Å². The Bertz CT molecular complexity index is 573. The molecule has 0 bridgehead atoms. The molecular formula is C11H15N5O4. The van der Waals surface area contributed by atoms with E-state index in [0.717, 1.165) is 0 Å². The molecule has 0 aliphatic carbocycles. The SMILES string of the molecule is CCC1(CC)OC(=O)C(N=Nc2nnc(C)[nH]2)=C(O)O1. The molecule has 0 amide bonds. The van der Waals surface area contributed by atoms with Crippen LogP contribution < -0.4 is 0 Å². The number of aromatic nitrogens is 3. The highest BCUT2D eigenvalue weighted by atomic mass is 16.8. The number of aryl methyl sites for hydroxylation is 1. The number of H-pyrrole nitrogens is 1. The molecule has 9 heteroatoms. The van der Waals surface area contributed by atoms with Gasteiger partial charge in [-0.1, -0.05) is 13.8 Å². The summed E-state index contributed by atoms with van der Waals surface area (Å²) in [5, 5.41) is 24.3. The molecule has 1 aliphatic heterocycles. The Hall–Kier alpha value is -2.45. The minimum Gasteiger partial charge on any atom is -0.479 e. The van der Waals surface area contributed by atoms with Crippen LogP contribution in [0.15, 0.2) is 21.9 Å². The molecule has 0 radical (unpaired) electrons. The van der Waals surface area contributed by atoms with Gasteiger partial charge in [0.05, 0.1) is 0 Å². The third-order valence-electron chi connectivity index (χ3n) is 2.87. The quantitative estimate of drug-likeness (QED) is 0.643. The van der Waals surface area contributed by atoms with Gasteiger partial charge in [0.15, 0.2) is 0 Å². The second-order valence-electron chi connectivity index (χ2n) is 4.20. The molecule has 0 unspecified atom stereocenters. The molecule has 0 aromatic carbocycles. The zero-order chi connectivity index (χ0) is 14.8. The van der Waals surface area contributed by atoms with Crippen molar-refractivity contribution in [2.24, 2.45) is 10.2 Å². The first kappa shape index (κ1) is 14.0. The molecule has 1 aliphatic rings. The van der Waals surface area contributed by atoms with Gasteiger partial charge in [-0.2, -0.15) is 0 Å². The molecule has 0 saturated carbocycles. The van der Waals surface area contributed by atoms with Crippen LogP contribution in [0.25, 0.3) is 0 Å². The summed E-state index contributed by atoms with van der Waals surface area (Å²) in [4.78, 5) is 14.5. The Morgan fingerprint density at radius 3 is 2.45 bits per heavy atom. The van der Waals surface area contributed by atoms with Crippen LogP contribution in [0.2, 0.25) is 0 Å². The van der Waals surface area contributed by atoms with E-state index < -0.39 is 23.4 Å². The summed E-state index contributed by atoms with van der Waals surface area (Å²) in [6.07, 6.45) is 0.816. The highest BCUT2D eigenvalue weighted by Gasteiger charge is 2.41. The maximum Gasteiger partial charge on any atom is 0.369 e. The fourth-order valence-electron chi connectivity index (χ4n) is 1.65. The molecular weight excluding hydrogens is 266 g/mol. The zero-order valence-corrected chi connectivity index (χ0v) is 11.4. The van der Waals surface area contributed by atoms with E-state index in [1.165, 1.54) is 0 Å². The number of esters is 1. The van der Waals surface area contributed by atoms with Crippen molar-refractivity contribution in [1.29, 1.82) is 0 Å². The number of rotatable bonds is 4. The monoisotopic (exact) mass is 281 g/mol. The van der Waals surface area contributed by atoms with Crippen molar-refractivity contribution in [3.63, 3.8) is 0 Å². The number of carbonyl (C=O) groups is 1. The first-order valence-electron chi connectivity index (χ1n) is 6.16. The summed E-state index contributed by atoms with van der Waals surface area (Å²) in [7, 11) is 0. The molecule has 1 aromatic rings. The Balaban J connectivity index is 2.23. The number of nitrogens with zero attached hydrogens (tertiary/aromatic N) is 4. The van der Waals surface area contributed by atoms with E-state index >= 15 is 0 Å². The average molecular weight is 281 g/mol. The van der Waals surface area contributed by atoms with Gasteiger partial charge >= 0.3 is 11.9 Å². The summed E-state index contributed by atoms with van der Waals surface area (Å²) in [5.41, 5.74) is -0.406. The average Bonchev–Trinajstić information content (AvgIpc) is 2.83. The smallest absolute Gasteiger partial charge is 0.369 e. The van der Waals surface area contributed by atoms with Gasteiger partial charge in [0.2, 0.25) is 0 Å². The third kappa shape index (κ3) is 2.60. The molecule has 0 spiro atoms. The molecule has 2 N–H and O–H groups in total. The normalized spacial score (nSPS) is 18.2. The number of nitrogens with one attached hydrogen (secondary N) is 1.